The standard InChI is InChI=1S/C21H23N3O4S2/c1-28-21(25)17-9-11-24(12-10-17)30(26,27)19-15-23(14-16-6-3-2-4-7-16)22-20(19)18-8-5-13-29-18/h2-8,13,15,17H,9-12,14H2,1H3. The molecule has 0 unspecified atom stereocenters. The van der Waals surface area contributed by atoms with Gasteiger partial charge in [0.15, 0.2) is 0 Å². The minimum absolute atomic E-state index is 0.206. The Morgan fingerprint density at radius 2 is 1.90 bits per heavy atom. The highest BCUT2D eigenvalue weighted by Gasteiger charge is 2.35. The van der Waals surface area contributed by atoms with Crippen LogP contribution in [0.2, 0.25) is 0 Å². The number of methoxy groups -OCH3 is 1. The van der Waals surface area contributed by atoms with Gasteiger partial charge in [0.2, 0.25) is 10.0 Å². The Morgan fingerprint density at radius 1 is 1.17 bits per heavy atom. The van der Waals surface area contributed by atoms with Crippen molar-refractivity contribution in [2.45, 2.75) is 24.3 Å². The summed E-state index contributed by atoms with van der Waals surface area (Å²) in [5, 5.41) is 6.52. The predicted molar refractivity (Wildman–Crippen MR) is 115 cm³/mol. The van der Waals surface area contributed by atoms with E-state index in [1.807, 2.05) is 47.8 Å². The average Bonchev–Trinajstić information content (AvgIpc) is 3.44. The second-order valence-corrected chi connectivity index (χ2v) is 10.1. The molecule has 2 aromatic heterocycles. The van der Waals surface area contributed by atoms with E-state index in [9.17, 15) is 13.2 Å². The van der Waals surface area contributed by atoms with Crippen molar-refractivity contribution in [2.75, 3.05) is 20.2 Å². The van der Waals surface area contributed by atoms with Crippen molar-refractivity contribution >= 4 is 27.3 Å². The summed E-state index contributed by atoms with van der Waals surface area (Å²) in [5.74, 6) is -0.527. The van der Waals surface area contributed by atoms with Crippen LogP contribution >= 0.6 is 11.3 Å². The van der Waals surface area contributed by atoms with E-state index in [2.05, 4.69) is 5.10 Å². The Bertz CT molecular complexity index is 1100. The van der Waals surface area contributed by atoms with Gasteiger partial charge in [-0.3, -0.25) is 9.48 Å². The third-order valence-electron chi connectivity index (χ3n) is 5.28. The molecule has 158 valence electrons. The number of nitrogens with zero attached hydrogens (tertiary/aromatic N) is 3. The first-order valence-electron chi connectivity index (χ1n) is 9.72. The lowest BCUT2D eigenvalue weighted by Gasteiger charge is -2.29. The van der Waals surface area contributed by atoms with Crippen LogP contribution in [0.3, 0.4) is 0 Å². The van der Waals surface area contributed by atoms with Crippen LogP contribution in [0.15, 0.2) is 58.9 Å². The van der Waals surface area contributed by atoms with Gasteiger partial charge in [0, 0.05) is 19.3 Å². The number of esters is 1. The van der Waals surface area contributed by atoms with Crippen molar-refractivity contribution in [1.29, 1.82) is 0 Å². The minimum Gasteiger partial charge on any atom is -0.469 e. The molecule has 1 fully saturated rings. The normalized spacial score (nSPS) is 15.9. The molecule has 0 saturated carbocycles. The van der Waals surface area contributed by atoms with Crippen molar-refractivity contribution in [3.8, 4) is 10.6 Å². The monoisotopic (exact) mass is 445 g/mol. The molecule has 0 radical (unpaired) electrons. The molecule has 0 spiro atoms. The third kappa shape index (κ3) is 4.19. The van der Waals surface area contributed by atoms with Gasteiger partial charge in [0.25, 0.3) is 0 Å². The van der Waals surface area contributed by atoms with Crippen LogP contribution in [0, 0.1) is 5.92 Å². The summed E-state index contributed by atoms with van der Waals surface area (Å²) in [4.78, 5) is 12.8. The molecule has 4 rings (SSSR count). The summed E-state index contributed by atoms with van der Waals surface area (Å²) in [5.41, 5.74) is 1.51. The van der Waals surface area contributed by atoms with Gasteiger partial charge >= 0.3 is 5.97 Å². The molecule has 0 amide bonds. The molecule has 9 heteroatoms. The molecule has 0 atom stereocenters. The van der Waals surface area contributed by atoms with Crippen LogP contribution < -0.4 is 0 Å². The molecule has 0 N–H and O–H groups in total. The molecule has 1 aliphatic heterocycles. The van der Waals surface area contributed by atoms with Crippen LogP contribution in [0.1, 0.15) is 18.4 Å². The Kier molecular flexibility index (Phi) is 6.03. The summed E-state index contributed by atoms with van der Waals surface area (Å²) >= 11 is 1.46. The number of aromatic nitrogens is 2. The molecular formula is C21H23N3O4S2. The number of hydrogen-bond donors (Lipinski definition) is 0. The van der Waals surface area contributed by atoms with Crippen molar-refractivity contribution in [3.05, 3.63) is 59.6 Å². The first kappa shape index (κ1) is 20.8. The maximum atomic E-state index is 13.5. The smallest absolute Gasteiger partial charge is 0.308 e. The van der Waals surface area contributed by atoms with Gasteiger partial charge in [-0.25, -0.2) is 8.42 Å². The highest BCUT2D eigenvalue weighted by molar-refractivity contribution is 7.89. The molecule has 0 bridgehead atoms. The zero-order chi connectivity index (χ0) is 21.1. The van der Waals surface area contributed by atoms with Crippen molar-refractivity contribution in [3.63, 3.8) is 0 Å². The number of hydrogen-bond acceptors (Lipinski definition) is 6. The number of rotatable bonds is 6. The second kappa shape index (κ2) is 8.71. The van der Waals surface area contributed by atoms with Gasteiger partial charge in [-0.2, -0.15) is 9.40 Å². The van der Waals surface area contributed by atoms with Gasteiger partial charge in [-0.05, 0) is 29.9 Å². The molecular weight excluding hydrogens is 422 g/mol. The first-order valence-corrected chi connectivity index (χ1v) is 12.0. The van der Waals surface area contributed by atoms with Gasteiger partial charge < -0.3 is 4.74 Å². The van der Waals surface area contributed by atoms with E-state index in [0.717, 1.165) is 10.4 Å². The van der Waals surface area contributed by atoms with Gasteiger partial charge in [-0.1, -0.05) is 36.4 Å². The molecule has 3 aromatic rings. The number of piperidine rings is 1. The quantitative estimate of drug-likeness (QED) is 0.544. The third-order valence-corrected chi connectivity index (χ3v) is 8.05. The van der Waals surface area contributed by atoms with E-state index < -0.39 is 10.0 Å². The fourth-order valence-electron chi connectivity index (χ4n) is 3.66. The molecule has 30 heavy (non-hydrogen) atoms. The number of sulfonamides is 1. The highest BCUT2D eigenvalue weighted by Crippen LogP contribution is 2.33. The van der Waals surface area contributed by atoms with E-state index in [4.69, 9.17) is 4.74 Å². The SMILES string of the molecule is COC(=O)C1CCN(S(=O)(=O)c2cn(Cc3ccccc3)nc2-c2cccs2)CC1. The van der Waals surface area contributed by atoms with E-state index in [-0.39, 0.29) is 29.9 Å². The Balaban J connectivity index is 1.64. The largest absolute Gasteiger partial charge is 0.469 e. The van der Waals surface area contributed by atoms with Crippen molar-refractivity contribution in [2.24, 2.45) is 5.92 Å². The van der Waals surface area contributed by atoms with Gasteiger partial charge in [-0.15, -0.1) is 11.3 Å². The molecule has 7 nitrogen and oxygen atoms in total. The number of benzene rings is 1. The fourth-order valence-corrected chi connectivity index (χ4v) is 6.07. The Labute approximate surface area is 180 Å². The average molecular weight is 446 g/mol. The number of thiophene rings is 1. The number of ether oxygens (including phenoxy) is 1. The molecule has 1 aliphatic rings. The van der Waals surface area contributed by atoms with E-state index in [1.165, 1.54) is 22.8 Å². The van der Waals surface area contributed by atoms with Crippen LogP contribution in [0.25, 0.3) is 10.6 Å². The number of carbonyl (C=O) groups excluding carboxylic acids is 1. The lowest BCUT2D eigenvalue weighted by Crippen LogP contribution is -2.40. The first-order chi connectivity index (χ1) is 14.5. The number of carbonyl (C=O) groups is 1. The lowest BCUT2D eigenvalue weighted by molar-refractivity contribution is -0.146. The second-order valence-electron chi connectivity index (χ2n) is 7.20. The fraction of sp³-hybridized carbons (Fsp3) is 0.333. The van der Waals surface area contributed by atoms with Gasteiger partial charge in [0.05, 0.1) is 24.4 Å². The van der Waals surface area contributed by atoms with Crippen LogP contribution in [-0.2, 0) is 26.1 Å². The van der Waals surface area contributed by atoms with Crippen LogP contribution in [-0.4, -0.2) is 48.7 Å². The maximum Gasteiger partial charge on any atom is 0.308 e. The zero-order valence-corrected chi connectivity index (χ0v) is 18.2. The van der Waals surface area contributed by atoms with E-state index in [1.54, 1.807) is 10.9 Å². The Morgan fingerprint density at radius 3 is 2.53 bits per heavy atom. The Hall–Kier alpha value is -2.49. The molecule has 0 aliphatic carbocycles. The van der Waals surface area contributed by atoms with Crippen molar-refractivity contribution in [1.82, 2.24) is 14.1 Å². The van der Waals surface area contributed by atoms with E-state index >= 15 is 0 Å². The molecule has 1 aromatic carbocycles. The molecule has 1 saturated heterocycles. The lowest BCUT2D eigenvalue weighted by atomic mass is 9.99. The molecule has 3 heterocycles. The van der Waals surface area contributed by atoms with Crippen LogP contribution in [0.5, 0.6) is 0 Å². The highest BCUT2D eigenvalue weighted by atomic mass is 32.2. The van der Waals surface area contributed by atoms with Crippen LogP contribution in [0.4, 0.5) is 0 Å². The summed E-state index contributed by atoms with van der Waals surface area (Å²) in [6.07, 6.45) is 2.53. The zero-order valence-electron chi connectivity index (χ0n) is 16.6. The predicted octanol–water partition coefficient (Wildman–Crippen LogP) is 3.23. The summed E-state index contributed by atoms with van der Waals surface area (Å²) in [6, 6.07) is 13.6. The van der Waals surface area contributed by atoms with Gasteiger partial charge in [0.1, 0.15) is 10.6 Å². The minimum atomic E-state index is -3.74. The van der Waals surface area contributed by atoms with Crippen molar-refractivity contribution < 1.29 is 17.9 Å². The summed E-state index contributed by atoms with van der Waals surface area (Å²) in [7, 11) is -2.38. The topological polar surface area (TPSA) is 81.5 Å². The summed E-state index contributed by atoms with van der Waals surface area (Å²) < 4.78 is 34.9. The van der Waals surface area contributed by atoms with E-state index in [0.29, 0.717) is 25.1 Å². The maximum absolute atomic E-state index is 13.5. The summed E-state index contributed by atoms with van der Waals surface area (Å²) in [6.45, 7) is 1.06.